The van der Waals surface area contributed by atoms with Crippen LogP contribution in [0.25, 0.3) is 0 Å². The van der Waals surface area contributed by atoms with E-state index in [0.29, 0.717) is 11.7 Å². The molecule has 1 amide bonds. The Morgan fingerprint density at radius 1 is 1.53 bits per heavy atom. The lowest BCUT2D eigenvalue weighted by molar-refractivity contribution is -0.127. The van der Waals surface area contributed by atoms with Crippen LogP contribution < -0.4 is 0 Å². The summed E-state index contributed by atoms with van der Waals surface area (Å²) < 4.78 is 0. The molecule has 0 bridgehead atoms. The van der Waals surface area contributed by atoms with Crippen molar-refractivity contribution >= 4 is 29.6 Å². The third-order valence-electron chi connectivity index (χ3n) is 3.48. The van der Waals surface area contributed by atoms with Gasteiger partial charge in [-0.2, -0.15) is 0 Å². The number of hydrogen-bond donors (Lipinski definition) is 0. The number of thioether (sulfide) groups is 1. The summed E-state index contributed by atoms with van der Waals surface area (Å²) in [6.07, 6.45) is 4.09. The molecule has 1 aliphatic heterocycles. The van der Waals surface area contributed by atoms with E-state index in [1.165, 1.54) is 11.8 Å². The molecular formula is C12H17N3OS. The van der Waals surface area contributed by atoms with Gasteiger partial charge in [-0.1, -0.05) is 11.8 Å². The fourth-order valence-corrected chi connectivity index (χ4v) is 2.26. The molecule has 0 aromatic heterocycles. The highest BCUT2D eigenvalue weighted by atomic mass is 32.2. The van der Waals surface area contributed by atoms with Crippen molar-refractivity contribution in [2.24, 2.45) is 9.98 Å². The fraction of sp³-hybridized carbons (Fsp3) is 0.583. The minimum absolute atomic E-state index is 0.0662. The summed E-state index contributed by atoms with van der Waals surface area (Å²) in [4.78, 5) is 22.3. The minimum Gasteiger partial charge on any atom is -0.328 e. The molecule has 0 radical (unpaired) electrons. The molecule has 17 heavy (non-hydrogen) atoms. The predicted octanol–water partition coefficient (Wildman–Crippen LogP) is 2.07. The van der Waals surface area contributed by atoms with Crippen LogP contribution in [0.15, 0.2) is 21.3 Å². The Bertz CT molecular complexity index is 435. The zero-order valence-electron chi connectivity index (χ0n) is 10.5. The summed E-state index contributed by atoms with van der Waals surface area (Å²) in [6.45, 7) is 8.06. The van der Waals surface area contributed by atoms with E-state index in [0.717, 1.165) is 24.1 Å². The van der Waals surface area contributed by atoms with Crippen LogP contribution in [-0.2, 0) is 4.79 Å². The van der Waals surface area contributed by atoms with E-state index in [-0.39, 0.29) is 11.4 Å². The van der Waals surface area contributed by atoms with Crippen molar-refractivity contribution in [3.63, 3.8) is 0 Å². The first kappa shape index (κ1) is 12.4. The van der Waals surface area contributed by atoms with Gasteiger partial charge >= 0.3 is 0 Å². The minimum atomic E-state index is 0.0662. The summed E-state index contributed by atoms with van der Waals surface area (Å²) in [7, 11) is 0. The largest absolute Gasteiger partial charge is 0.328 e. The number of aliphatic imine (C=N–C) groups is 2. The summed E-state index contributed by atoms with van der Waals surface area (Å²) >= 11 is 1.44. The van der Waals surface area contributed by atoms with Crippen molar-refractivity contribution in [2.75, 3.05) is 12.8 Å². The van der Waals surface area contributed by atoms with E-state index in [1.807, 2.05) is 18.1 Å². The number of hydrogen-bond acceptors (Lipinski definition) is 3. The van der Waals surface area contributed by atoms with Crippen molar-refractivity contribution in [3.05, 3.63) is 11.3 Å². The Kier molecular flexibility index (Phi) is 3.12. The molecule has 0 unspecified atom stereocenters. The highest BCUT2D eigenvalue weighted by Crippen LogP contribution is 2.44. The molecule has 0 aromatic carbocycles. The maximum atomic E-state index is 12.1. The lowest BCUT2D eigenvalue weighted by atomic mass is 10.2. The molecule has 1 heterocycles. The molecule has 92 valence electrons. The maximum absolute atomic E-state index is 12.1. The molecular weight excluding hydrogens is 234 g/mol. The van der Waals surface area contributed by atoms with E-state index in [9.17, 15) is 4.79 Å². The third-order valence-corrected chi connectivity index (χ3v) is 4.07. The van der Waals surface area contributed by atoms with Crippen molar-refractivity contribution in [1.29, 1.82) is 0 Å². The Hall–Kier alpha value is -1.10. The molecule has 2 rings (SSSR count). The zero-order chi connectivity index (χ0) is 12.6. The van der Waals surface area contributed by atoms with Crippen molar-refractivity contribution < 1.29 is 4.79 Å². The highest BCUT2D eigenvalue weighted by molar-refractivity contribution is 8.13. The molecule has 0 spiro atoms. The summed E-state index contributed by atoms with van der Waals surface area (Å²) in [5.74, 6) is 0.119. The van der Waals surface area contributed by atoms with Gasteiger partial charge in [-0.05, 0) is 39.7 Å². The summed E-state index contributed by atoms with van der Waals surface area (Å²) in [5.41, 5.74) is 1.64. The van der Waals surface area contributed by atoms with Crippen molar-refractivity contribution in [1.82, 2.24) is 4.90 Å². The zero-order valence-corrected chi connectivity index (χ0v) is 11.3. The molecule has 2 aliphatic rings. The molecule has 0 N–H and O–H groups in total. The molecule has 0 atom stereocenters. The average molecular weight is 251 g/mol. The number of carbonyl (C=O) groups is 1. The smallest absolute Gasteiger partial charge is 0.252 e. The number of nitrogens with zero attached hydrogens (tertiary/aromatic N) is 3. The Morgan fingerprint density at radius 2 is 2.18 bits per heavy atom. The molecule has 1 fully saturated rings. The van der Waals surface area contributed by atoms with Crippen molar-refractivity contribution in [3.8, 4) is 0 Å². The second-order valence-corrected chi connectivity index (χ2v) is 5.49. The van der Waals surface area contributed by atoms with Crippen LogP contribution in [0.3, 0.4) is 0 Å². The van der Waals surface area contributed by atoms with Gasteiger partial charge in [-0.3, -0.25) is 4.79 Å². The number of amidine groups is 1. The van der Waals surface area contributed by atoms with E-state index in [4.69, 9.17) is 0 Å². The van der Waals surface area contributed by atoms with Crippen molar-refractivity contribution in [2.45, 2.75) is 32.2 Å². The molecule has 0 saturated heterocycles. The second-order valence-electron chi connectivity index (χ2n) is 4.72. The van der Waals surface area contributed by atoms with Gasteiger partial charge in [0.25, 0.3) is 5.91 Å². The predicted molar refractivity (Wildman–Crippen MR) is 72.6 cm³/mol. The monoisotopic (exact) mass is 251 g/mol. The van der Waals surface area contributed by atoms with Gasteiger partial charge in [0.15, 0.2) is 5.17 Å². The Balaban J connectivity index is 2.22. The molecule has 4 nitrogen and oxygen atoms in total. The lowest BCUT2D eigenvalue weighted by Gasteiger charge is -2.24. The normalized spacial score (nSPS) is 23.4. The van der Waals surface area contributed by atoms with Crippen LogP contribution in [0.4, 0.5) is 0 Å². The first-order chi connectivity index (χ1) is 8.01. The van der Waals surface area contributed by atoms with Gasteiger partial charge in [-0.15, -0.1) is 0 Å². The lowest BCUT2D eigenvalue weighted by Crippen LogP contribution is -2.37. The van der Waals surface area contributed by atoms with E-state index in [1.54, 1.807) is 0 Å². The van der Waals surface area contributed by atoms with Crippen LogP contribution in [0.2, 0.25) is 0 Å². The van der Waals surface area contributed by atoms with E-state index >= 15 is 0 Å². The van der Waals surface area contributed by atoms with Gasteiger partial charge in [0, 0.05) is 11.1 Å². The standard InChI is InChI=1S/C12H17N3OS/c1-8-9(14-11(13-3)17-4)7-15(10(8)16)12(2)5-6-12/h3,5-7H2,1-2,4H3. The molecule has 5 heteroatoms. The SMILES string of the molecule is C=NC(=NC1=C(C)C(=O)N(C2(C)CC2)C1)SC. The number of amides is 1. The first-order valence-corrected chi connectivity index (χ1v) is 6.85. The highest BCUT2D eigenvalue weighted by Gasteiger charge is 2.48. The van der Waals surface area contributed by atoms with Gasteiger partial charge in [-0.25, -0.2) is 9.98 Å². The van der Waals surface area contributed by atoms with Crippen LogP contribution in [0.1, 0.15) is 26.7 Å². The maximum Gasteiger partial charge on any atom is 0.252 e. The van der Waals surface area contributed by atoms with Crippen LogP contribution in [0.5, 0.6) is 0 Å². The summed E-state index contributed by atoms with van der Waals surface area (Å²) in [6, 6.07) is 0. The number of rotatable bonds is 2. The number of carbonyl (C=O) groups excluding carboxylic acids is 1. The van der Waals surface area contributed by atoms with E-state index < -0.39 is 0 Å². The molecule has 1 aliphatic carbocycles. The van der Waals surface area contributed by atoms with Crippen LogP contribution in [-0.4, -0.2) is 41.0 Å². The quantitative estimate of drug-likeness (QED) is 0.557. The van der Waals surface area contributed by atoms with Gasteiger partial charge in [0.1, 0.15) is 0 Å². The molecule has 0 aromatic rings. The van der Waals surface area contributed by atoms with Crippen LogP contribution in [0, 0.1) is 0 Å². The summed E-state index contributed by atoms with van der Waals surface area (Å²) in [5, 5.41) is 0.620. The first-order valence-electron chi connectivity index (χ1n) is 5.63. The van der Waals surface area contributed by atoms with Gasteiger partial charge in [0.05, 0.1) is 12.2 Å². The molecule has 1 saturated carbocycles. The second kappa shape index (κ2) is 4.29. The fourth-order valence-electron chi connectivity index (χ4n) is 1.93. The van der Waals surface area contributed by atoms with Crippen LogP contribution >= 0.6 is 11.8 Å². The Morgan fingerprint density at radius 3 is 2.65 bits per heavy atom. The van der Waals surface area contributed by atoms with Gasteiger partial charge < -0.3 is 4.90 Å². The average Bonchev–Trinajstić information content (AvgIpc) is 3.00. The van der Waals surface area contributed by atoms with E-state index in [2.05, 4.69) is 23.6 Å². The Labute approximate surface area is 106 Å². The third kappa shape index (κ3) is 2.16. The van der Waals surface area contributed by atoms with Gasteiger partial charge in [0.2, 0.25) is 0 Å². The topological polar surface area (TPSA) is 45.0 Å².